The molecule has 0 amide bonds. The van der Waals surface area contributed by atoms with E-state index in [9.17, 15) is 0 Å². The minimum atomic E-state index is 0.963. The van der Waals surface area contributed by atoms with Gasteiger partial charge in [0.1, 0.15) is 0 Å². The van der Waals surface area contributed by atoms with E-state index in [4.69, 9.17) is 0 Å². The third-order valence-corrected chi connectivity index (χ3v) is 2.61. The summed E-state index contributed by atoms with van der Waals surface area (Å²) in [4.78, 5) is 0. The lowest BCUT2D eigenvalue weighted by Crippen LogP contribution is -1.78. The first-order valence-electron chi connectivity index (χ1n) is 4.51. The van der Waals surface area contributed by atoms with Gasteiger partial charge in [0.25, 0.3) is 0 Å². The number of rotatable bonds is 3. The van der Waals surface area contributed by atoms with Gasteiger partial charge in [-0.25, -0.2) is 0 Å². The normalized spacial score (nSPS) is 34.9. The van der Waals surface area contributed by atoms with Crippen molar-refractivity contribution in [3.8, 4) is 0 Å². The summed E-state index contributed by atoms with van der Waals surface area (Å²) in [5, 5.41) is 0. The Labute approximate surface area is 64.3 Å². The third-order valence-electron chi connectivity index (χ3n) is 2.61. The fraction of sp³-hybridized carbons (Fsp3) is 0.800. The monoisotopic (exact) mass is 138 g/mol. The number of hydrogen-bond acceptors (Lipinski definition) is 0. The van der Waals surface area contributed by atoms with E-state index >= 15 is 0 Å². The largest absolute Gasteiger partial charge is 0.0879 e. The van der Waals surface area contributed by atoms with Gasteiger partial charge in [-0.2, -0.15) is 0 Å². The lowest BCUT2D eigenvalue weighted by molar-refractivity contribution is 0.622. The van der Waals surface area contributed by atoms with Crippen LogP contribution in [0.3, 0.4) is 0 Å². The van der Waals surface area contributed by atoms with Gasteiger partial charge in [-0.3, -0.25) is 0 Å². The van der Waals surface area contributed by atoms with E-state index in [0.29, 0.717) is 0 Å². The molecule has 0 saturated heterocycles. The van der Waals surface area contributed by atoms with Crippen LogP contribution in [0.1, 0.15) is 40.0 Å². The minimum Gasteiger partial charge on any atom is -0.0879 e. The van der Waals surface area contributed by atoms with E-state index in [-0.39, 0.29) is 0 Å². The van der Waals surface area contributed by atoms with Gasteiger partial charge in [0, 0.05) is 0 Å². The van der Waals surface area contributed by atoms with Gasteiger partial charge in [0.05, 0.1) is 0 Å². The highest BCUT2D eigenvalue weighted by Crippen LogP contribution is 2.50. The van der Waals surface area contributed by atoms with E-state index in [2.05, 4.69) is 26.8 Å². The second-order valence-corrected chi connectivity index (χ2v) is 3.20. The van der Waals surface area contributed by atoms with E-state index in [0.717, 1.165) is 11.8 Å². The molecule has 10 heavy (non-hydrogen) atoms. The van der Waals surface area contributed by atoms with Crippen LogP contribution in [0.15, 0.2) is 11.6 Å². The molecule has 2 atom stereocenters. The summed E-state index contributed by atoms with van der Waals surface area (Å²) in [6, 6.07) is 0. The summed E-state index contributed by atoms with van der Waals surface area (Å²) in [6.45, 7) is 6.75. The maximum Gasteiger partial charge on any atom is -0.0135 e. The van der Waals surface area contributed by atoms with Gasteiger partial charge >= 0.3 is 0 Å². The van der Waals surface area contributed by atoms with Crippen molar-refractivity contribution in [3.05, 3.63) is 11.6 Å². The molecular weight excluding hydrogens is 120 g/mol. The summed E-state index contributed by atoms with van der Waals surface area (Å²) in [6.07, 6.45) is 6.43. The molecule has 0 nitrogen and oxygen atoms in total. The summed E-state index contributed by atoms with van der Waals surface area (Å²) < 4.78 is 0. The molecule has 0 heteroatoms. The highest BCUT2D eigenvalue weighted by molar-refractivity contribution is 5.28. The van der Waals surface area contributed by atoms with E-state index in [1.165, 1.54) is 19.3 Å². The van der Waals surface area contributed by atoms with Crippen LogP contribution in [0.5, 0.6) is 0 Å². The molecule has 58 valence electrons. The Kier molecular flexibility index (Phi) is 2.53. The Bertz CT molecular complexity index is 133. The third kappa shape index (κ3) is 1.25. The number of allylic oxidation sites excluding steroid dienone is 2. The maximum absolute atomic E-state index is 2.31. The molecule has 0 spiro atoms. The highest BCUT2D eigenvalue weighted by Gasteiger charge is 2.39. The molecule has 0 aromatic rings. The van der Waals surface area contributed by atoms with Crippen LogP contribution in [0.4, 0.5) is 0 Å². The van der Waals surface area contributed by atoms with Crippen molar-refractivity contribution >= 4 is 0 Å². The Morgan fingerprint density at radius 2 is 2.00 bits per heavy atom. The van der Waals surface area contributed by atoms with Gasteiger partial charge in [-0.05, 0) is 31.6 Å². The van der Waals surface area contributed by atoms with E-state index in [1.807, 2.05) is 0 Å². The van der Waals surface area contributed by atoms with Crippen LogP contribution in [0.2, 0.25) is 0 Å². The zero-order valence-corrected chi connectivity index (χ0v) is 7.35. The molecular formula is C10H18. The van der Waals surface area contributed by atoms with Crippen LogP contribution in [0.25, 0.3) is 0 Å². The van der Waals surface area contributed by atoms with Crippen molar-refractivity contribution in [2.45, 2.75) is 40.0 Å². The fourth-order valence-electron chi connectivity index (χ4n) is 2.03. The fourth-order valence-corrected chi connectivity index (χ4v) is 2.03. The van der Waals surface area contributed by atoms with Gasteiger partial charge in [-0.15, -0.1) is 0 Å². The number of hydrogen-bond donors (Lipinski definition) is 0. The van der Waals surface area contributed by atoms with Gasteiger partial charge in [0.2, 0.25) is 0 Å². The average Bonchev–Trinajstić information content (AvgIpc) is 2.62. The summed E-state index contributed by atoms with van der Waals surface area (Å²) in [7, 11) is 0. The van der Waals surface area contributed by atoms with Crippen molar-refractivity contribution in [2.75, 3.05) is 0 Å². The topological polar surface area (TPSA) is 0 Å². The van der Waals surface area contributed by atoms with Crippen molar-refractivity contribution in [1.29, 1.82) is 0 Å². The quantitative estimate of drug-likeness (QED) is 0.524. The zero-order valence-electron chi connectivity index (χ0n) is 7.35. The maximum atomic E-state index is 2.31. The van der Waals surface area contributed by atoms with E-state index < -0.39 is 0 Å². The van der Waals surface area contributed by atoms with Crippen molar-refractivity contribution in [2.24, 2.45) is 11.8 Å². The first-order chi connectivity index (χ1) is 4.85. The molecule has 0 bridgehead atoms. The van der Waals surface area contributed by atoms with Gasteiger partial charge in [-0.1, -0.05) is 31.9 Å². The van der Waals surface area contributed by atoms with Crippen LogP contribution in [-0.4, -0.2) is 0 Å². The first-order valence-corrected chi connectivity index (χ1v) is 4.51. The Morgan fingerprint density at radius 1 is 1.30 bits per heavy atom. The molecule has 0 aromatic heterocycles. The molecule has 2 unspecified atom stereocenters. The van der Waals surface area contributed by atoms with Crippen molar-refractivity contribution in [1.82, 2.24) is 0 Å². The van der Waals surface area contributed by atoms with Crippen molar-refractivity contribution in [3.63, 3.8) is 0 Å². The molecule has 0 N–H and O–H groups in total. The van der Waals surface area contributed by atoms with Crippen LogP contribution >= 0.6 is 0 Å². The average molecular weight is 138 g/mol. The lowest BCUT2D eigenvalue weighted by atomic mass is 10.2. The molecule has 1 aliphatic carbocycles. The second kappa shape index (κ2) is 3.23. The summed E-state index contributed by atoms with van der Waals surface area (Å²) >= 11 is 0. The van der Waals surface area contributed by atoms with Crippen LogP contribution in [0, 0.1) is 11.8 Å². The molecule has 1 aliphatic rings. The molecule has 1 saturated carbocycles. The Balaban J connectivity index is 2.37. The molecule has 1 fully saturated rings. The van der Waals surface area contributed by atoms with Crippen LogP contribution in [-0.2, 0) is 0 Å². The van der Waals surface area contributed by atoms with Gasteiger partial charge < -0.3 is 0 Å². The van der Waals surface area contributed by atoms with Gasteiger partial charge in [0.15, 0.2) is 0 Å². The lowest BCUT2D eigenvalue weighted by Gasteiger charge is -1.88. The SMILES string of the molecule is CC=C1C(CC)C1CCC. The molecule has 0 heterocycles. The summed E-state index contributed by atoms with van der Waals surface area (Å²) in [5.41, 5.74) is 1.73. The van der Waals surface area contributed by atoms with Crippen molar-refractivity contribution < 1.29 is 0 Å². The van der Waals surface area contributed by atoms with E-state index in [1.54, 1.807) is 5.57 Å². The Morgan fingerprint density at radius 3 is 2.30 bits per heavy atom. The Hall–Kier alpha value is -0.260. The zero-order chi connectivity index (χ0) is 7.56. The molecule has 0 radical (unpaired) electrons. The standard InChI is InChI=1S/C10H18/c1-4-7-10-8(5-2)9(10)6-3/h5,9-10H,4,6-7H2,1-3H3. The predicted octanol–water partition coefficient (Wildman–Crippen LogP) is 3.39. The smallest absolute Gasteiger partial charge is 0.0135 e. The molecule has 0 aromatic carbocycles. The molecule has 0 aliphatic heterocycles. The highest BCUT2D eigenvalue weighted by atomic mass is 14.4. The minimum absolute atomic E-state index is 0.963. The second-order valence-electron chi connectivity index (χ2n) is 3.20. The predicted molar refractivity (Wildman–Crippen MR) is 45.9 cm³/mol. The summed E-state index contributed by atoms with van der Waals surface area (Å²) in [5.74, 6) is 1.94. The molecule has 1 rings (SSSR count). The van der Waals surface area contributed by atoms with Crippen LogP contribution < -0.4 is 0 Å². The first kappa shape index (κ1) is 7.84.